The zero-order valence-corrected chi connectivity index (χ0v) is 13.9. The minimum absolute atomic E-state index is 0.0925. The quantitative estimate of drug-likeness (QED) is 0.797. The molecule has 122 valence electrons. The lowest BCUT2D eigenvalue weighted by Crippen LogP contribution is -2.28. The number of hydrogen-bond donors (Lipinski definition) is 1. The van der Waals surface area contributed by atoms with Gasteiger partial charge >= 0.3 is 6.18 Å². The van der Waals surface area contributed by atoms with E-state index < -0.39 is 11.7 Å². The van der Waals surface area contributed by atoms with Crippen LogP contribution >= 0.6 is 15.9 Å². The minimum Gasteiger partial charge on any atom is -0.349 e. The van der Waals surface area contributed by atoms with E-state index in [0.717, 1.165) is 22.2 Å². The summed E-state index contributed by atoms with van der Waals surface area (Å²) in [7, 11) is 0. The number of alkyl halides is 3. The van der Waals surface area contributed by atoms with E-state index in [9.17, 15) is 18.0 Å². The molecule has 0 aliphatic rings. The molecule has 1 unspecified atom stereocenters. The summed E-state index contributed by atoms with van der Waals surface area (Å²) in [6.45, 7) is 1.83. The molecule has 6 heteroatoms. The van der Waals surface area contributed by atoms with Crippen LogP contribution in [0.5, 0.6) is 0 Å². The van der Waals surface area contributed by atoms with Crippen molar-refractivity contribution in [3.63, 3.8) is 0 Å². The van der Waals surface area contributed by atoms with Gasteiger partial charge < -0.3 is 5.32 Å². The molecule has 23 heavy (non-hydrogen) atoms. The molecule has 1 amide bonds. The molecule has 2 nitrogen and oxygen atoms in total. The number of benzene rings is 2. The molecule has 0 saturated heterocycles. The first-order valence-electron chi connectivity index (χ1n) is 6.96. The Bertz CT molecular complexity index is 683. The van der Waals surface area contributed by atoms with E-state index in [4.69, 9.17) is 0 Å². The van der Waals surface area contributed by atoms with Gasteiger partial charge in [-0.05, 0) is 36.2 Å². The maximum atomic E-state index is 12.7. The van der Waals surface area contributed by atoms with Gasteiger partial charge in [-0.25, -0.2) is 0 Å². The van der Waals surface area contributed by atoms with E-state index in [0.29, 0.717) is 5.56 Å². The Morgan fingerprint density at radius 2 is 1.83 bits per heavy atom. The van der Waals surface area contributed by atoms with Gasteiger partial charge in [0, 0.05) is 4.47 Å². The smallest absolute Gasteiger partial charge is 0.349 e. The molecule has 0 radical (unpaired) electrons. The monoisotopic (exact) mass is 385 g/mol. The average molecular weight is 386 g/mol. The molecular weight excluding hydrogens is 371 g/mol. The lowest BCUT2D eigenvalue weighted by atomic mass is 10.1. The zero-order valence-electron chi connectivity index (χ0n) is 12.3. The Balaban J connectivity index is 2.01. The van der Waals surface area contributed by atoms with Crippen molar-refractivity contribution in [1.82, 2.24) is 5.32 Å². The topological polar surface area (TPSA) is 29.1 Å². The van der Waals surface area contributed by atoms with Crippen molar-refractivity contribution in [2.75, 3.05) is 0 Å². The molecule has 0 heterocycles. The molecule has 0 fully saturated rings. The van der Waals surface area contributed by atoms with E-state index >= 15 is 0 Å². The van der Waals surface area contributed by atoms with Crippen molar-refractivity contribution >= 4 is 21.8 Å². The molecular formula is C17H15BrF3NO. The predicted molar refractivity (Wildman–Crippen MR) is 85.8 cm³/mol. The second-order valence-electron chi connectivity index (χ2n) is 5.22. The van der Waals surface area contributed by atoms with Gasteiger partial charge in [0.2, 0.25) is 5.91 Å². The summed E-state index contributed by atoms with van der Waals surface area (Å²) < 4.78 is 38.9. The molecule has 1 N–H and O–H groups in total. The number of hydrogen-bond acceptors (Lipinski definition) is 1. The minimum atomic E-state index is -4.41. The first-order chi connectivity index (χ1) is 10.8. The van der Waals surface area contributed by atoms with Gasteiger partial charge in [-0.15, -0.1) is 0 Å². The summed E-state index contributed by atoms with van der Waals surface area (Å²) in [5.74, 6) is -0.320. The number of halogens is 4. The van der Waals surface area contributed by atoms with Crippen LogP contribution in [0.1, 0.15) is 29.7 Å². The Morgan fingerprint density at radius 1 is 1.17 bits per heavy atom. The molecule has 0 bridgehead atoms. The molecule has 2 rings (SSSR count). The van der Waals surface area contributed by atoms with Crippen LogP contribution in [0.4, 0.5) is 13.2 Å². The third-order valence-electron chi connectivity index (χ3n) is 3.37. The van der Waals surface area contributed by atoms with Gasteiger partial charge in [0.1, 0.15) is 0 Å². The van der Waals surface area contributed by atoms with Crippen LogP contribution in [0.25, 0.3) is 0 Å². The average Bonchev–Trinajstić information content (AvgIpc) is 2.47. The second-order valence-corrected chi connectivity index (χ2v) is 6.13. The van der Waals surface area contributed by atoms with Crippen LogP contribution in [-0.2, 0) is 17.4 Å². The highest BCUT2D eigenvalue weighted by Gasteiger charge is 2.30. The summed E-state index contributed by atoms with van der Waals surface area (Å²) in [4.78, 5) is 12.0. The van der Waals surface area contributed by atoms with E-state index in [1.807, 2.05) is 31.2 Å². The van der Waals surface area contributed by atoms with Crippen molar-refractivity contribution < 1.29 is 18.0 Å². The van der Waals surface area contributed by atoms with Crippen molar-refractivity contribution in [1.29, 1.82) is 0 Å². The van der Waals surface area contributed by atoms with E-state index in [-0.39, 0.29) is 18.4 Å². The first-order valence-corrected chi connectivity index (χ1v) is 7.76. The predicted octanol–water partition coefficient (Wildman–Crippen LogP) is 4.89. The van der Waals surface area contributed by atoms with Crippen LogP contribution < -0.4 is 5.32 Å². The Kier molecular flexibility index (Phi) is 5.46. The number of amides is 1. The van der Waals surface area contributed by atoms with Crippen LogP contribution in [0.3, 0.4) is 0 Å². The summed E-state index contributed by atoms with van der Waals surface area (Å²) in [6.07, 6.45) is -4.50. The van der Waals surface area contributed by atoms with Gasteiger partial charge in [0.05, 0.1) is 18.0 Å². The van der Waals surface area contributed by atoms with E-state index in [1.54, 1.807) is 0 Å². The summed E-state index contributed by atoms with van der Waals surface area (Å²) >= 11 is 3.33. The van der Waals surface area contributed by atoms with Crippen molar-refractivity contribution in [3.05, 3.63) is 69.7 Å². The maximum Gasteiger partial charge on any atom is 0.416 e. The molecule has 2 aromatic carbocycles. The fraction of sp³-hybridized carbons (Fsp3) is 0.235. The zero-order chi connectivity index (χ0) is 17.0. The van der Waals surface area contributed by atoms with Crippen LogP contribution in [0, 0.1) is 0 Å². The third kappa shape index (κ3) is 5.10. The van der Waals surface area contributed by atoms with Crippen LogP contribution in [0.15, 0.2) is 53.0 Å². The van der Waals surface area contributed by atoms with Crippen LogP contribution in [0.2, 0.25) is 0 Å². The number of carbonyl (C=O) groups is 1. The maximum absolute atomic E-state index is 12.7. The van der Waals surface area contributed by atoms with Crippen molar-refractivity contribution in [2.45, 2.75) is 25.6 Å². The third-order valence-corrected chi connectivity index (χ3v) is 3.90. The molecule has 0 saturated carbocycles. The summed E-state index contributed by atoms with van der Waals surface area (Å²) in [6, 6.07) is 12.1. The Morgan fingerprint density at radius 3 is 2.43 bits per heavy atom. The first kappa shape index (κ1) is 17.5. The van der Waals surface area contributed by atoms with E-state index in [2.05, 4.69) is 21.2 Å². The largest absolute Gasteiger partial charge is 0.416 e. The Hall–Kier alpha value is -1.82. The fourth-order valence-electron chi connectivity index (χ4n) is 2.17. The molecule has 1 atom stereocenters. The van der Waals surface area contributed by atoms with Gasteiger partial charge in [0.15, 0.2) is 0 Å². The van der Waals surface area contributed by atoms with Gasteiger partial charge in [-0.3, -0.25) is 4.79 Å². The summed E-state index contributed by atoms with van der Waals surface area (Å²) in [5, 5.41) is 2.79. The van der Waals surface area contributed by atoms with Crippen LogP contribution in [-0.4, -0.2) is 5.91 Å². The number of carbonyl (C=O) groups excluding carboxylic acids is 1. The number of nitrogens with one attached hydrogen (secondary N) is 1. The van der Waals surface area contributed by atoms with Crippen molar-refractivity contribution in [3.8, 4) is 0 Å². The second kappa shape index (κ2) is 7.17. The molecule has 0 aromatic heterocycles. The summed E-state index contributed by atoms with van der Waals surface area (Å²) in [5.41, 5.74) is 0.509. The normalized spacial score (nSPS) is 12.7. The van der Waals surface area contributed by atoms with Gasteiger partial charge in [0.25, 0.3) is 0 Å². The Labute approximate surface area is 140 Å². The highest BCUT2D eigenvalue weighted by molar-refractivity contribution is 9.10. The fourth-order valence-corrected chi connectivity index (χ4v) is 2.43. The van der Waals surface area contributed by atoms with Crippen molar-refractivity contribution in [2.24, 2.45) is 0 Å². The molecule has 0 aliphatic carbocycles. The SMILES string of the molecule is CC(NC(=O)Cc1cccc(C(F)(F)F)c1)c1ccc(Br)cc1. The van der Waals surface area contributed by atoms with Gasteiger partial charge in [-0.1, -0.05) is 46.3 Å². The van der Waals surface area contributed by atoms with E-state index in [1.165, 1.54) is 12.1 Å². The highest BCUT2D eigenvalue weighted by atomic mass is 79.9. The molecule has 0 spiro atoms. The highest BCUT2D eigenvalue weighted by Crippen LogP contribution is 2.29. The van der Waals surface area contributed by atoms with Gasteiger partial charge in [-0.2, -0.15) is 13.2 Å². The number of rotatable bonds is 4. The lowest BCUT2D eigenvalue weighted by molar-refractivity contribution is -0.137. The molecule has 2 aromatic rings. The lowest BCUT2D eigenvalue weighted by Gasteiger charge is -2.15. The standard InChI is InChI=1S/C17H15BrF3NO/c1-11(13-5-7-15(18)8-6-13)22-16(23)10-12-3-2-4-14(9-12)17(19,20)21/h2-9,11H,10H2,1H3,(H,22,23). The molecule has 0 aliphatic heterocycles.